The number of Topliss-reactive ketones (excluding diaryl/α,β-unsaturated/α-hetero) is 1. The third kappa shape index (κ3) is 5.99. The predicted molar refractivity (Wildman–Crippen MR) is 61.0 cm³/mol. The predicted octanol–water partition coefficient (Wildman–Crippen LogP) is 1.45. The van der Waals surface area contributed by atoms with Gasteiger partial charge in [-0.05, 0) is 26.7 Å². The molecule has 0 aromatic rings. The van der Waals surface area contributed by atoms with Crippen LogP contribution in [0.2, 0.25) is 0 Å². The van der Waals surface area contributed by atoms with Gasteiger partial charge in [-0.25, -0.2) is 4.79 Å². The highest BCUT2D eigenvalue weighted by Crippen LogP contribution is 2.16. The van der Waals surface area contributed by atoms with E-state index in [9.17, 15) is 19.7 Å². The lowest BCUT2D eigenvalue weighted by Crippen LogP contribution is -2.37. The summed E-state index contributed by atoms with van der Waals surface area (Å²) in [6, 6.07) is 0. The van der Waals surface area contributed by atoms with Crippen LogP contribution >= 0.6 is 0 Å². The Kier molecular flexibility index (Phi) is 5.25. The maximum absolute atomic E-state index is 11.7. The van der Waals surface area contributed by atoms with E-state index in [0.717, 1.165) is 0 Å². The molecule has 0 unspecified atom stereocenters. The first-order valence-electron chi connectivity index (χ1n) is 5.43. The van der Waals surface area contributed by atoms with Crippen LogP contribution in [-0.4, -0.2) is 28.8 Å². The monoisotopic (exact) mass is 245 g/mol. The lowest BCUT2D eigenvalue weighted by Gasteiger charge is -2.21. The minimum Gasteiger partial charge on any atom is -0.454 e. The quantitative estimate of drug-likeness (QED) is 0.316. The van der Waals surface area contributed by atoms with Crippen LogP contribution in [0.3, 0.4) is 0 Å². The van der Waals surface area contributed by atoms with Gasteiger partial charge in [-0.2, -0.15) is 0 Å². The lowest BCUT2D eigenvalue weighted by molar-refractivity contribution is -0.486. The van der Waals surface area contributed by atoms with Crippen LogP contribution in [0.15, 0.2) is 0 Å². The molecule has 0 aliphatic rings. The molecule has 0 rings (SSSR count). The Morgan fingerprint density at radius 1 is 1.29 bits per heavy atom. The summed E-state index contributed by atoms with van der Waals surface area (Å²) in [4.78, 5) is 33.0. The number of ether oxygens (including phenoxy) is 1. The third-order valence-electron chi connectivity index (χ3n) is 2.09. The van der Waals surface area contributed by atoms with Crippen molar-refractivity contribution < 1.29 is 19.2 Å². The number of nitrogens with zero attached hydrogens (tertiary/aromatic N) is 1. The van der Waals surface area contributed by atoms with E-state index in [2.05, 4.69) is 0 Å². The van der Waals surface area contributed by atoms with Crippen molar-refractivity contribution in [3.63, 3.8) is 0 Å². The number of hydrogen-bond acceptors (Lipinski definition) is 5. The minimum atomic E-state index is -1.00. The van der Waals surface area contributed by atoms with Gasteiger partial charge in [0.15, 0.2) is 0 Å². The fourth-order valence-corrected chi connectivity index (χ4v) is 1.24. The molecular formula is C11H19NO5. The van der Waals surface area contributed by atoms with Crippen molar-refractivity contribution in [2.24, 2.45) is 11.8 Å². The summed E-state index contributed by atoms with van der Waals surface area (Å²) in [7, 11) is 0. The van der Waals surface area contributed by atoms with Crippen LogP contribution in [0.4, 0.5) is 0 Å². The van der Waals surface area contributed by atoms with Gasteiger partial charge in [0, 0.05) is 4.92 Å². The molecule has 6 nitrogen and oxygen atoms in total. The molecular weight excluding hydrogens is 226 g/mol. The highest BCUT2D eigenvalue weighted by molar-refractivity contribution is 6.34. The van der Waals surface area contributed by atoms with Gasteiger partial charge in [0.05, 0.1) is 5.92 Å². The third-order valence-corrected chi connectivity index (χ3v) is 2.09. The van der Waals surface area contributed by atoms with Gasteiger partial charge < -0.3 is 4.74 Å². The summed E-state index contributed by atoms with van der Waals surface area (Å²) >= 11 is 0. The Morgan fingerprint density at radius 3 is 2.06 bits per heavy atom. The SMILES string of the molecule is CC(C)[C@@H](C[N+](=O)[O-])C(=O)C(=O)OC(C)(C)C. The fraction of sp³-hybridized carbons (Fsp3) is 0.818. The van der Waals surface area contributed by atoms with Gasteiger partial charge in [0.2, 0.25) is 12.3 Å². The number of nitro groups is 1. The fourth-order valence-electron chi connectivity index (χ4n) is 1.24. The Morgan fingerprint density at radius 2 is 1.76 bits per heavy atom. The number of ketones is 1. The molecule has 0 aromatic carbocycles. The van der Waals surface area contributed by atoms with E-state index in [4.69, 9.17) is 4.74 Å². The van der Waals surface area contributed by atoms with Gasteiger partial charge in [0.1, 0.15) is 5.60 Å². The van der Waals surface area contributed by atoms with E-state index in [1.54, 1.807) is 34.6 Å². The van der Waals surface area contributed by atoms with Crippen molar-refractivity contribution in [2.45, 2.75) is 40.2 Å². The van der Waals surface area contributed by atoms with E-state index in [1.165, 1.54) is 0 Å². The molecule has 0 bridgehead atoms. The first kappa shape index (κ1) is 15.5. The average molecular weight is 245 g/mol. The maximum atomic E-state index is 11.7. The summed E-state index contributed by atoms with van der Waals surface area (Å²) in [5, 5.41) is 10.4. The molecule has 0 amide bonds. The highest BCUT2D eigenvalue weighted by Gasteiger charge is 2.35. The molecule has 0 spiro atoms. The topological polar surface area (TPSA) is 86.5 Å². The average Bonchev–Trinajstić information content (AvgIpc) is 2.09. The van der Waals surface area contributed by atoms with Gasteiger partial charge in [-0.1, -0.05) is 13.8 Å². The van der Waals surface area contributed by atoms with E-state index >= 15 is 0 Å². The van der Waals surface area contributed by atoms with Crippen LogP contribution in [0.5, 0.6) is 0 Å². The number of rotatable bonds is 5. The molecule has 0 N–H and O–H groups in total. The Balaban J connectivity index is 4.73. The van der Waals surface area contributed by atoms with E-state index in [-0.39, 0.29) is 5.92 Å². The number of hydrogen-bond donors (Lipinski definition) is 0. The van der Waals surface area contributed by atoms with Crippen molar-refractivity contribution in [3.05, 3.63) is 10.1 Å². The minimum absolute atomic E-state index is 0.277. The Bertz CT molecular complexity index is 316. The first-order chi connectivity index (χ1) is 7.54. The first-order valence-corrected chi connectivity index (χ1v) is 5.43. The van der Waals surface area contributed by atoms with E-state index in [0.29, 0.717) is 0 Å². The summed E-state index contributed by atoms with van der Waals surface area (Å²) < 4.78 is 4.90. The zero-order valence-corrected chi connectivity index (χ0v) is 10.9. The molecule has 0 aromatic heterocycles. The number of carbonyl (C=O) groups is 2. The number of esters is 1. The van der Waals surface area contributed by atoms with Crippen LogP contribution in [0.1, 0.15) is 34.6 Å². The van der Waals surface area contributed by atoms with Crippen LogP contribution in [-0.2, 0) is 14.3 Å². The van der Waals surface area contributed by atoms with Gasteiger partial charge in [-0.15, -0.1) is 0 Å². The van der Waals surface area contributed by atoms with Gasteiger partial charge in [0.25, 0.3) is 0 Å². The second kappa shape index (κ2) is 5.75. The van der Waals surface area contributed by atoms with Gasteiger partial charge >= 0.3 is 5.97 Å². The van der Waals surface area contributed by atoms with Crippen LogP contribution < -0.4 is 0 Å². The second-order valence-electron chi connectivity index (χ2n) is 5.23. The Hall–Kier alpha value is -1.46. The molecule has 0 fully saturated rings. The van der Waals surface area contributed by atoms with Crippen LogP contribution in [0.25, 0.3) is 0 Å². The molecule has 98 valence electrons. The molecule has 0 saturated heterocycles. The molecule has 1 atom stereocenters. The standard InChI is InChI=1S/C11H19NO5/c1-7(2)8(6-12(15)16)9(13)10(14)17-11(3,4)5/h7-8H,6H2,1-5H3/t8-/m1/s1. The van der Waals surface area contributed by atoms with Crippen molar-refractivity contribution in [1.29, 1.82) is 0 Å². The zero-order chi connectivity index (χ0) is 13.8. The molecule has 0 aliphatic heterocycles. The molecule has 0 aliphatic carbocycles. The van der Waals surface area contributed by atoms with Crippen molar-refractivity contribution >= 4 is 11.8 Å². The van der Waals surface area contributed by atoms with E-state index < -0.39 is 34.7 Å². The molecule has 0 heterocycles. The zero-order valence-electron chi connectivity index (χ0n) is 10.9. The smallest absolute Gasteiger partial charge is 0.375 e. The summed E-state index contributed by atoms with van der Waals surface area (Å²) in [5.41, 5.74) is -0.775. The normalized spacial score (nSPS) is 13.3. The summed E-state index contributed by atoms with van der Waals surface area (Å²) in [6.45, 7) is 7.69. The Labute approximate surface area is 100 Å². The van der Waals surface area contributed by atoms with Gasteiger partial charge in [-0.3, -0.25) is 14.9 Å². The second-order valence-corrected chi connectivity index (χ2v) is 5.23. The van der Waals surface area contributed by atoms with Crippen molar-refractivity contribution in [1.82, 2.24) is 0 Å². The largest absolute Gasteiger partial charge is 0.454 e. The van der Waals surface area contributed by atoms with E-state index in [1.807, 2.05) is 0 Å². The molecule has 6 heteroatoms. The maximum Gasteiger partial charge on any atom is 0.375 e. The van der Waals surface area contributed by atoms with Crippen molar-refractivity contribution in [2.75, 3.05) is 6.54 Å². The molecule has 0 saturated carbocycles. The summed E-state index contributed by atoms with van der Waals surface area (Å²) in [5.74, 6) is -3.04. The molecule has 0 radical (unpaired) electrons. The molecule has 17 heavy (non-hydrogen) atoms. The number of carbonyl (C=O) groups excluding carboxylic acids is 2. The van der Waals surface area contributed by atoms with Crippen molar-refractivity contribution in [3.8, 4) is 0 Å². The lowest BCUT2D eigenvalue weighted by atomic mass is 9.91. The summed E-state index contributed by atoms with van der Waals surface area (Å²) in [6.07, 6.45) is 0. The van der Waals surface area contributed by atoms with Crippen LogP contribution in [0, 0.1) is 22.0 Å². The highest BCUT2D eigenvalue weighted by atomic mass is 16.6.